The zero-order valence-corrected chi connectivity index (χ0v) is 10.3. The van der Waals surface area contributed by atoms with Crippen LogP contribution < -0.4 is 11.1 Å². The summed E-state index contributed by atoms with van der Waals surface area (Å²) in [4.78, 5) is 17.7. The molecule has 0 aliphatic carbocycles. The number of pyridine rings is 1. The Morgan fingerprint density at radius 2 is 2.24 bits per heavy atom. The van der Waals surface area contributed by atoms with Crippen molar-refractivity contribution in [2.45, 2.75) is 13.3 Å². The molecular formula is C12H13N3OS. The van der Waals surface area contributed by atoms with Crippen LogP contribution in [0.25, 0.3) is 0 Å². The normalized spacial score (nSPS) is 10.2. The van der Waals surface area contributed by atoms with Crippen LogP contribution in [0.4, 0.5) is 11.5 Å². The summed E-state index contributed by atoms with van der Waals surface area (Å²) in [6, 6.07) is 7.19. The van der Waals surface area contributed by atoms with Crippen LogP contribution in [0.3, 0.4) is 0 Å². The molecular weight excluding hydrogens is 234 g/mol. The lowest BCUT2D eigenvalue weighted by Gasteiger charge is -2.02. The second-order valence-corrected chi connectivity index (χ2v) is 4.71. The number of nitrogens with zero attached hydrogens (tertiary/aromatic N) is 1. The van der Waals surface area contributed by atoms with Crippen LogP contribution in [0.5, 0.6) is 0 Å². The van der Waals surface area contributed by atoms with Gasteiger partial charge >= 0.3 is 0 Å². The highest BCUT2D eigenvalue weighted by molar-refractivity contribution is 7.14. The van der Waals surface area contributed by atoms with Gasteiger partial charge in [-0.1, -0.05) is 6.92 Å². The van der Waals surface area contributed by atoms with Gasteiger partial charge in [-0.25, -0.2) is 4.98 Å². The van der Waals surface area contributed by atoms with E-state index in [0.29, 0.717) is 16.4 Å². The lowest BCUT2D eigenvalue weighted by atomic mass is 10.3. The van der Waals surface area contributed by atoms with E-state index in [1.165, 1.54) is 16.2 Å². The van der Waals surface area contributed by atoms with Gasteiger partial charge in [-0.15, -0.1) is 11.3 Å². The molecule has 0 atom stereocenters. The summed E-state index contributed by atoms with van der Waals surface area (Å²) >= 11 is 1.51. The third-order valence-electron chi connectivity index (χ3n) is 2.28. The molecule has 0 unspecified atom stereocenters. The molecule has 0 aromatic carbocycles. The van der Waals surface area contributed by atoms with Crippen LogP contribution >= 0.6 is 11.3 Å². The number of amides is 1. The van der Waals surface area contributed by atoms with Crippen LogP contribution in [0.15, 0.2) is 30.5 Å². The summed E-state index contributed by atoms with van der Waals surface area (Å²) in [5.74, 6) is 0.327. The van der Waals surface area contributed by atoms with Crippen molar-refractivity contribution in [1.82, 2.24) is 4.98 Å². The first kappa shape index (κ1) is 11.6. The number of anilines is 2. The van der Waals surface area contributed by atoms with Crippen molar-refractivity contribution in [3.05, 3.63) is 40.2 Å². The fraction of sp³-hybridized carbons (Fsp3) is 0.167. The Hall–Kier alpha value is -1.88. The van der Waals surface area contributed by atoms with E-state index in [1.807, 2.05) is 12.1 Å². The summed E-state index contributed by atoms with van der Waals surface area (Å²) in [6.07, 6.45) is 2.49. The van der Waals surface area contributed by atoms with Crippen LogP contribution in [0.2, 0.25) is 0 Å². The summed E-state index contributed by atoms with van der Waals surface area (Å²) in [5.41, 5.74) is 6.12. The van der Waals surface area contributed by atoms with E-state index in [4.69, 9.17) is 5.73 Å². The number of carbonyl (C=O) groups excluding carboxylic acids is 1. The molecule has 0 fully saturated rings. The Kier molecular flexibility index (Phi) is 3.39. The van der Waals surface area contributed by atoms with Crippen LogP contribution in [0.1, 0.15) is 21.5 Å². The zero-order valence-electron chi connectivity index (χ0n) is 9.43. The molecule has 0 aliphatic rings. The molecule has 2 rings (SSSR count). The number of nitrogens with one attached hydrogen (secondary N) is 1. The number of rotatable bonds is 3. The first-order chi connectivity index (χ1) is 8.19. The number of hydrogen-bond acceptors (Lipinski definition) is 4. The van der Waals surface area contributed by atoms with Crippen LogP contribution in [-0.4, -0.2) is 10.9 Å². The minimum Gasteiger partial charge on any atom is -0.384 e. The van der Waals surface area contributed by atoms with E-state index in [9.17, 15) is 4.79 Å². The van der Waals surface area contributed by atoms with Gasteiger partial charge in [0.25, 0.3) is 5.91 Å². The van der Waals surface area contributed by atoms with Crippen molar-refractivity contribution >= 4 is 28.7 Å². The van der Waals surface area contributed by atoms with Crippen LogP contribution in [0, 0.1) is 0 Å². The molecule has 1 amide bonds. The molecule has 88 valence electrons. The number of carbonyl (C=O) groups is 1. The quantitative estimate of drug-likeness (QED) is 0.875. The van der Waals surface area contributed by atoms with Gasteiger partial charge in [0.2, 0.25) is 0 Å². The highest BCUT2D eigenvalue weighted by Crippen LogP contribution is 2.18. The summed E-state index contributed by atoms with van der Waals surface area (Å²) in [6.45, 7) is 2.07. The third-order valence-corrected chi connectivity index (χ3v) is 3.51. The number of hydrogen-bond donors (Lipinski definition) is 2. The SMILES string of the molecule is CCc1ccc(C(=O)Nc2ccc(N)nc2)s1. The largest absolute Gasteiger partial charge is 0.384 e. The van der Waals surface area contributed by atoms with E-state index in [-0.39, 0.29) is 5.91 Å². The first-order valence-electron chi connectivity index (χ1n) is 5.30. The first-order valence-corrected chi connectivity index (χ1v) is 6.12. The summed E-state index contributed by atoms with van der Waals surface area (Å²) in [7, 11) is 0. The van der Waals surface area contributed by atoms with Gasteiger partial charge in [0.15, 0.2) is 0 Å². The highest BCUT2D eigenvalue weighted by Gasteiger charge is 2.08. The third kappa shape index (κ3) is 2.82. The molecule has 0 bridgehead atoms. The Bertz CT molecular complexity index is 519. The molecule has 2 heterocycles. The number of nitrogen functional groups attached to an aromatic ring is 1. The maximum Gasteiger partial charge on any atom is 0.265 e. The molecule has 0 spiro atoms. The Labute approximate surface area is 103 Å². The van der Waals surface area contributed by atoms with Gasteiger partial charge in [0, 0.05) is 4.88 Å². The molecule has 2 aromatic heterocycles. The Balaban J connectivity index is 2.08. The van der Waals surface area contributed by atoms with Crippen molar-refractivity contribution in [2.24, 2.45) is 0 Å². The minimum absolute atomic E-state index is 0.110. The summed E-state index contributed by atoms with van der Waals surface area (Å²) < 4.78 is 0. The highest BCUT2D eigenvalue weighted by atomic mass is 32.1. The van der Waals surface area contributed by atoms with Gasteiger partial charge in [-0.3, -0.25) is 4.79 Å². The number of aryl methyl sites for hydroxylation is 1. The molecule has 0 aliphatic heterocycles. The molecule has 3 N–H and O–H groups in total. The Morgan fingerprint density at radius 3 is 2.82 bits per heavy atom. The predicted octanol–water partition coefficient (Wildman–Crippen LogP) is 2.54. The second-order valence-electron chi connectivity index (χ2n) is 3.55. The minimum atomic E-state index is -0.110. The average molecular weight is 247 g/mol. The maximum atomic E-state index is 11.9. The van der Waals surface area contributed by atoms with Crippen LogP contribution in [-0.2, 0) is 6.42 Å². The zero-order chi connectivity index (χ0) is 12.3. The average Bonchev–Trinajstić information content (AvgIpc) is 2.81. The smallest absolute Gasteiger partial charge is 0.265 e. The monoisotopic (exact) mass is 247 g/mol. The molecule has 0 saturated heterocycles. The number of thiophene rings is 1. The van der Waals surface area contributed by atoms with Crippen molar-refractivity contribution in [3.63, 3.8) is 0 Å². The maximum absolute atomic E-state index is 11.9. The number of aromatic nitrogens is 1. The van der Waals surface area contributed by atoms with E-state index in [2.05, 4.69) is 17.2 Å². The fourth-order valence-corrected chi connectivity index (χ4v) is 2.20. The fourth-order valence-electron chi connectivity index (χ4n) is 1.36. The lowest BCUT2D eigenvalue weighted by Crippen LogP contribution is -2.10. The molecule has 17 heavy (non-hydrogen) atoms. The molecule has 4 nitrogen and oxygen atoms in total. The van der Waals surface area contributed by atoms with Crippen molar-refractivity contribution in [3.8, 4) is 0 Å². The molecule has 0 saturated carbocycles. The Morgan fingerprint density at radius 1 is 1.41 bits per heavy atom. The van der Waals surface area contributed by atoms with E-state index in [1.54, 1.807) is 18.3 Å². The van der Waals surface area contributed by atoms with Crippen molar-refractivity contribution in [1.29, 1.82) is 0 Å². The van der Waals surface area contributed by atoms with E-state index >= 15 is 0 Å². The molecule has 2 aromatic rings. The topological polar surface area (TPSA) is 68.0 Å². The predicted molar refractivity (Wildman–Crippen MR) is 70.3 cm³/mol. The second kappa shape index (κ2) is 4.97. The lowest BCUT2D eigenvalue weighted by molar-refractivity contribution is 0.103. The van der Waals surface area contributed by atoms with E-state index in [0.717, 1.165) is 6.42 Å². The standard InChI is InChI=1S/C12H13N3OS/c1-2-9-4-5-10(17-9)12(16)15-8-3-6-11(13)14-7-8/h3-7H,2H2,1H3,(H2,13,14)(H,15,16). The molecule has 0 radical (unpaired) electrons. The van der Waals surface area contributed by atoms with Gasteiger partial charge in [0.05, 0.1) is 16.8 Å². The number of nitrogens with two attached hydrogens (primary N) is 1. The van der Waals surface area contributed by atoms with Gasteiger partial charge < -0.3 is 11.1 Å². The van der Waals surface area contributed by atoms with Crippen molar-refractivity contribution in [2.75, 3.05) is 11.1 Å². The van der Waals surface area contributed by atoms with Gasteiger partial charge in [0.1, 0.15) is 5.82 Å². The van der Waals surface area contributed by atoms with E-state index < -0.39 is 0 Å². The van der Waals surface area contributed by atoms with Gasteiger partial charge in [-0.2, -0.15) is 0 Å². The summed E-state index contributed by atoms with van der Waals surface area (Å²) in [5, 5.41) is 2.78. The van der Waals surface area contributed by atoms with Crippen molar-refractivity contribution < 1.29 is 4.79 Å². The van der Waals surface area contributed by atoms with Gasteiger partial charge in [-0.05, 0) is 30.7 Å². The molecule has 5 heteroatoms.